The molecule has 0 saturated carbocycles. The lowest BCUT2D eigenvalue weighted by atomic mass is 10.0. The van der Waals surface area contributed by atoms with Crippen LogP contribution in [0.5, 0.6) is 17.2 Å². The number of rotatable bonds is 7. The lowest BCUT2D eigenvalue weighted by Crippen LogP contribution is -2.16. The summed E-state index contributed by atoms with van der Waals surface area (Å²) in [5.74, 6) is -3.04. The van der Waals surface area contributed by atoms with Gasteiger partial charge >= 0.3 is 12.1 Å². The molecule has 40 heavy (non-hydrogen) atoms. The maximum atomic E-state index is 14.0. The van der Waals surface area contributed by atoms with Crippen molar-refractivity contribution in [3.8, 4) is 28.4 Å². The minimum Gasteiger partial charge on any atom is -0.493 e. The van der Waals surface area contributed by atoms with Gasteiger partial charge in [-0.2, -0.15) is 13.2 Å². The summed E-state index contributed by atoms with van der Waals surface area (Å²) in [5, 5.41) is 21.9. The molecule has 0 atom stereocenters. The van der Waals surface area contributed by atoms with Crippen LogP contribution in [0.1, 0.15) is 16.1 Å². The number of carbonyl (C=O) groups is 1. The largest absolute Gasteiger partial charge is 0.493 e. The van der Waals surface area contributed by atoms with Crippen LogP contribution in [0.25, 0.3) is 22.1 Å². The number of non-ortho nitro benzene ring substituents is 2. The van der Waals surface area contributed by atoms with E-state index < -0.39 is 67.0 Å². The van der Waals surface area contributed by atoms with Crippen LogP contribution in [-0.4, -0.2) is 30.0 Å². The number of carbonyl (C=O) groups excluding carboxylic acids is 1. The fourth-order valence-electron chi connectivity index (χ4n) is 3.78. The van der Waals surface area contributed by atoms with Crippen molar-refractivity contribution in [2.45, 2.75) is 6.18 Å². The molecule has 15 heteroatoms. The van der Waals surface area contributed by atoms with Gasteiger partial charge in [0.2, 0.25) is 11.2 Å². The van der Waals surface area contributed by atoms with E-state index in [-0.39, 0.29) is 22.4 Å². The Labute approximate surface area is 220 Å². The van der Waals surface area contributed by atoms with E-state index >= 15 is 0 Å². The van der Waals surface area contributed by atoms with Crippen LogP contribution < -0.4 is 19.6 Å². The molecule has 0 aliphatic carbocycles. The molecule has 0 bridgehead atoms. The minimum absolute atomic E-state index is 0.0660. The zero-order valence-corrected chi connectivity index (χ0v) is 20.3. The van der Waals surface area contributed by atoms with Crippen LogP contribution in [0, 0.1) is 20.2 Å². The second kappa shape index (κ2) is 10.4. The molecule has 4 rings (SSSR count). The molecule has 0 N–H and O–H groups in total. The van der Waals surface area contributed by atoms with Crippen LogP contribution in [0.4, 0.5) is 24.5 Å². The molecule has 0 saturated heterocycles. The number of ether oxygens (including phenoxy) is 3. The second-order valence-corrected chi connectivity index (χ2v) is 8.00. The van der Waals surface area contributed by atoms with E-state index in [1.54, 1.807) is 0 Å². The van der Waals surface area contributed by atoms with Gasteiger partial charge < -0.3 is 18.6 Å². The van der Waals surface area contributed by atoms with Crippen molar-refractivity contribution in [3.05, 3.63) is 96.4 Å². The van der Waals surface area contributed by atoms with Crippen LogP contribution in [-0.2, 0) is 6.18 Å². The first-order chi connectivity index (χ1) is 18.8. The molecule has 0 radical (unpaired) electrons. The second-order valence-electron chi connectivity index (χ2n) is 8.00. The van der Waals surface area contributed by atoms with E-state index in [1.807, 2.05) is 0 Å². The molecule has 0 fully saturated rings. The van der Waals surface area contributed by atoms with Crippen LogP contribution in [0.2, 0.25) is 0 Å². The molecule has 4 aromatic rings. The summed E-state index contributed by atoms with van der Waals surface area (Å²) < 4.78 is 62.4. The molecular weight excluding hydrogens is 545 g/mol. The van der Waals surface area contributed by atoms with Crippen LogP contribution in [0.15, 0.2) is 63.8 Å². The molecule has 0 aliphatic heterocycles. The van der Waals surface area contributed by atoms with Crippen LogP contribution in [0.3, 0.4) is 0 Å². The topological polar surface area (TPSA) is 161 Å². The minimum atomic E-state index is -5.12. The van der Waals surface area contributed by atoms with Gasteiger partial charge in [0, 0.05) is 18.2 Å². The summed E-state index contributed by atoms with van der Waals surface area (Å²) in [6.07, 6.45) is -5.12. The Bertz CT molecular complexity index is 1720. The quantitative estimate of drug-likeness (QED) is 0.122. The number of esters is 1. The van der Waals surface area contributed by atoms with Crippen molar-refractivity contribution >= 4 is 28.3 Å². The van der Waals surface area contributed by atoms with E-state index in [0.717, 1.165) is 30.3 Å². The molecule has 1 aromatic heterocycles. The number of methoxy groups -OCH3 is 2. The average molecular weight is 560 g/mol. The van der Waals surface area contributed by atoms with Gasteiger partial charge in [0.05, 0.1) is 46.6 Å². The molecule has 0 amide bonds. The summed E-state index contributed by atoms with van der Waals surface area (Å²) in [6, 6.07) is 8.80. The van der Waals surface area contributed by atoms with Crippen LogP contribution >= 0.6 is 0 Å². The normalized spacial score (nSPS) is 11.2. The Morgan fingerprint density at radius 3 is 2.05 bits per heavy atom. The maximum Gasteiger partial charge on any atom is 0.450 e. The van der Waals surface area contributed by atoms with Crippen molar-refractivity contribution in [3.63, 3.8) is 0 Å². The third-order valence-corrected chi connectivity index (χ3v) is 5.56. The highest BCUT2D eigenvalue weighted by Gasteiger charge is 2.39. The van der Waals surface area contributed by atoms with E-state index in [4.69, 9.17) is 18.6 Å². The zero-order valence-electron chi connectivity index (χ0n) is 20.3. The summed E-state index contributed by atoms with van der Waals surface area (Å²) in [5.41, 5.74) is -4.68. The Morgan fingerprint density at radius 2 is 1.50 bits per heavy atom. The Hall–Kier alpha value is -5.47. The molecule has 0 aliphatic rings. The SMILES string of the molecule is COc1ccc(-c2c(C(F)(F)F)oc3cc(OC(=O)c4cc([N+](=O)[O-])cc([N+](=O)[O-])c4)ccc3c2=O)cc1OC. The Morgan fingerprint density at radius 1 is 0.875 bits per heavy atom. The molecule has 0 spiro atoms. The van der Waals surface area contributed by atoms with Gasteiger partial charge in [-0.25, -0.2) is 4.79 Å². The summed E-state index contributed by atoms with van der Waals surface area (Å²) >= 11 is 0. The number of hydrogen-bond donors (Lipinski definition) is 0. The predicted molar refractivity (Wildman–Crippen MR) is 131 cm³/mol. The standard InChI is InChI=1S/C25H15F3N2O10/c1-37-18-6-3-12(9-20(18)38-2)21-22(31)17-5-4-16(11-19(17)40-23(21)25(26,27)28)39-24(32)13-7-14(29(33)34)10-15(8-13)30(35)36/h3-11H,1-2H3. The number of nitro benzene ring substituents is 2. The monoisotopic (exact) mass is 560 g/mol. The number of benzene rings is 3. The number of halogens is 3. The van der Waals surface area contributed by atoms with Crippen molar-refractivity contribution in [1.82, 2.24) is 0 Å². The number of hydrogen-bond acceptors (Lipinski definition) is 10. The van der Waals surface area contributed by atoms with Gasteiger partial charge in [0.25, 0.3) is 11.4 Å². The third-order valence-electron chi connectivity index (χ3n) is 5.56. The van der Waals surface area contributed by atoms with Gasteiger partial charge in [0.1, 0.15) is 11.3 Å². The highest BCUT2D eigenvalue weighted by Crippen LogP contribution is 2.40. The molecular formula is C25H15F3N2O10. The molecule has 0 unspecified atom stereocenters. The van der Waals surface area contributed by atoms with E-state index in [9.17, 15) is 43.0 Å². The highest BCUT2D eigenvalue weighted by molar-refractivity contribution is 5.93. The molecule has 1 heterocycles. The van der Waals surface area contributed by atoms with Gasteiger partial charge in [-0.05, 0) is 29.8 Å². The van der Waals surface area contributed by atoms with E-state index in [0.29, 0.717) is 6.07 Å². The average Bonchev–Trinajstić information content (AvgIpc) is 2.91. The number of alkyl halides is 3. The first-order valence-electron chi connectivity index (χ1n) is 10.9. The number of nitro groups is 2. The lowest BCUT2D eigenvalue weighted by molar-refractivity contribution is -0.394. The van der Waals surface area contributed by atoms with E-state index in [2.05, 4.69) is 0 Å². The predicted octanol–water partition coefficient (Wildman–Crippen LogP) is 5.53. The first-order valence-corrected chi connectivity index (χ1v) is 10.9. The summed E-state index contributed by atoms with van der Waals surface area (Å²) in [6.45, 7) is 0. The van der Waals surface area contributed by atoms with Crippen molar-refractivity contribution in [1.29, 1.82) is 0 Å². The highest BCUT2D eigenvalue weighted by atomic mass is 19.4. The first kappa shape index (κ1) is 27.6. The van der Waals surface area contributed by atoms with Gasteiger partial charge in [-0.15, -0.1) is 0 Å². The summed E-state index contributed by atoms with van der Waals surface area (Å²) in [4.78, 5) is 46.1. The molecule has 12 nitrogen and oxygen atoms in total. The van der Waals surface area contributed by atoms with Crippen molar-refractivity contribution in [2.75, 3.05) is 14.2 Å². The van der Waals surface area contributed by atoms with E-state index in [1.165, 1.54) is 32.4 Å². The lowest BCUT2D eigenvalue weighted by Gasteiger charge is -2.15. The van der Waals surface area contributed by atoms with Crippen molar-refractivity contribution in [2.24, 2.45) is 0 Å². The number of nitrogens with zero attached hydrogens (tertiary/aromatic N) is 2. The fourth-order valence-corrected chi connectivity index (χ4v) is 3.78. The summed E-state index contributed by atoms with van der Waals surface area (Å²) in [7, 11) is 2.59. The Kier molecular flexibility index (Phi) is 7.14. The molecule has 3 aromatic carbocycles. The van der Waals surface area contributed by atoms with Gasteiger partial charge in [0.15, 0.2) is 11.5 Å². The smallest absolute Gasteiger partial charge is 0.450 e. The Balaban J connectivity index is 1.81. The molecule has 206 valence electrons. The van der Waals surface area contributed by atoms with Gasteiger partial charge in [-0.3, -0.25) is 25.0 Å². The fraction of sp³-hybridized carbons (Fsp3) is 0.120. The maximum absolute atomic E-state index is 14.0. The van der Waals surface area contributed by atoms with Gasteiger partial charge in [-0.1, -0.05) is 6.07 Å². The number of fused-ring (bicyclic) bond motifs is 1. The third kappa shape index (κ3) is 5.24. The zero-order chi connectivity index (χ0) is 29.4. The van der Waals surface area contributed by atoms with Crippen molar-refractivity contribution < 1.29 is 46.4 Å².